The lowest BCUT2D eigenvalue weighted by Gasteiger charge is -2.06. The monoisotopic (exact) mass is 216 g/mol. The second-order valence-electron chi connectivity index (χ2n) is 3.45. The molecule has 0 spiro atoms. The maximum Gasteiger partial charge on any atom is 0.233 e. The van der Waals surface area contributed by atoms with Crippen molar-refractivity contribution in [2.75, 3.05) is 32.8 Å². The van der Waals surface area contributed by atoms with Gasteiger partial charge in [0.1, 0.15) is 0 Å². The number of likely N-dealkylation sites (N-methyl/N-ethyl adjacent to an activating group) is 1. The van der Waals surface area contributed by atoms with Gasteiger partial charge in [-0.3, -0.25) is 4.79 Å². The third-order valence-corrected chi connectivity index (χ3v) is 1.97. The Morgan fingerprint density at radius 2 is 1.93 bits per heavy atom. The molecule has 0 unspecified atom stereocenters. The highest BCUT2D eigenvalue weighted by molar-refractivity contribution is 5.77. The predicted octanol–water partition coefficient (Wildman–Crippen LogP) is 0.919. The molecule has 4 nitrogen and oxygen atoms in total. The number of ether oxygens (including phenoxy) is 1. The van der Waals surface area contributed by atoms with E-state index in [1.807, 2.05) is 6.92 Å². The molecule has 0 aromatic heterocycles. The van der Waals surface area contributed by atoms with E-state index >= 15 is 0 Å². The molecule has 90 valence electrons. The quantitative estimate of drug-likeness (QED) is 0.534. The van der Waals surface area contributed by atoms with Crippen molar-refractivity contribution in [3.8, 4) is 0 Å². The Labute approximate surface area is 92.8 Å². The van der Waals surface area contributed by atoms with Gasteiger partial charge in [-0.2, -0.15) is 0 Å². The van der Waals surface area contributed by atoms with Crippen molar-refractivity contribution in [1.29, 1.82) is 0 Å². The molecule has 0 aliphatic heterocycles. The smallest absolute Gasteiger partial charge is 0.233 e. The van der Waals surface area contributed by atoms with Gasteiger partial charge in [0.25, 0.3) is 0 Å². The Morgan fingerprint density at radius 1 is 1.20 bits per heavy atom. The fourth-order valence-corrected chi connectivity index (χ4v) is 1.05. The third kappa shape index (κ3) is 11.3. The third-order valence-electron chi connectivity index (χ3n) is 1.97. The number of rotatable bonds is 10. The van der Waals surface area contributed by atoms with Crippen LogP contribution in [-0.4, -0.2) is 38.8 Å². The number of carbonyl (C=O) groups is 1. The van der Waals surface area contributed by atoms with Crippen molar-refractivity contribution in [2.45, 2.75) is 33.1 Å². The minimum absolute atomic E-state index is 0.0606. The summed E-state index contributed by atoms with van der Waals surface area (Å²) in [6, 6.07) is 0. The minimum atomic E-state index is 0.0606. The van der Waals surface area contributed by atoms with Crippen molar-refractivity contribution in [1.82, 2.24) is 10.6 Å². The van der Waals surface area contributed by atoms with Crippen LogP contribution in [-0.2, 0) is 9.53 Å². The molecule has 0 saturated carbocycles. The number of carbonyl (C=O) groups excluding carboxylic acids is 1. The highest BCUT2D eigenvalue weighted by Crippen LogP contribution is 1.88. The molecule has 0 aliphatic carbocycles. The minimum Gasteiger partial charge on any atom is -0.381 e. The lowest BCUT2D eigenvalue weighted by molar-refractivity contribution is -0.120. The van der Waals surface area contributed by atoms with Crippen molar-refractivity contribution in [3.05, 3.63) is 0 Å². The Bertz CT molecular complexity index is 152. The first-order chi connectivity index (χ1) is 7.31. The van der Waals surface area contributed by atoms with Gasteiger partial charge in [0.05, 0.1) is 6.54 Å². The first-order valence-corrected chi connectivity index (χ1v) is 5.86. The van der Waals surface area contributed by atoms with E-state index in [2.05, 4.69) is 17.6 Å². The summed E-state index contributed by atoms with van der Waals surface area (Å²) in [6.07, 6.45) is 3.17. The van der Waals surface area contributed by atoms with Crippen LogP contribution in [0.5, 0.6) is 0 Å². The van der Waals surface area contributed by atoms with Crippen LogP contribution < -0.4 is 10.6 Å². The van der Waals surface area contributed by atoms with Gasteiger partial charge < -0.3 is 15.4 Å². The molecule has 0 atom stereocenters. The normalized spacial score (nSPS) is 10.3. The topological polar surface area (TPSA) is 50.4 Å². The molecule has 0 rings (SSSR count). The molecule has 4 heteroatoms. The van der Waals surface area contributed by atoms with E-state index in [0.29, 0.717) is 13.1 Å². The number of amides is 1. The zero-order chi connectivity index (χ0) is 11.4. The Morgan fingerprint density at radius 3 is 2.60 bits per heavy atom. The summed E-state index contributed by atoms with van der Waals surface area (Å²) in [4.78, 5) is 11.1. The van der Waals surface area contributed by atoms with Crippen LogP contribution in [0.3, 0.4) is 0 Å². The zero-order valence-electron chi connectivity index (χ0n) is 9.97. The Balaban J connectivity index is 3.06. The van der Waals surface area contributed by atoms with Gasteiger partial charge in [0.15, 0.2) is 0 Å². The maximum atomic E-state index is 11.1. The van der Waals surface area contributed by atoms with Gasteiger partial charge >= 0.3 is 0 Å². The van der Waals surface area contributed by atoms with E-state index in [4.69, 9.17) is 4.74 Å². The van der Waals surface area contributed by atoms with Crippen molar-refractivity contribution in [3.63, 3.8) is 0 Å². The lowest BCUT2D eigenvalue weighted by Crippen LogP contribution is -2.34. The molecule has 0 bridgehead atoms. The molecule has 1 amide bonds. The second-order valence-corrected chi connectivity index (χ2v) is 3.45. The molecule has 0 aromatic rings. The number of nitrogens with one attached hydrogen (secondary N) is 2. The molecule has 0 aromatic carbocycles. The maximum absolute atomic E-state index is 11.1. The average molecular weight is 216 g/mol. The van der Waals surface area contributed by atoms with E-state index in [-0.39, 0.29) is 5.91 Å². The van der Waals surface area contributed by atoms with Gasteiger partial charge in [0.2, 0.25) is 5.91 Å². The van der Waals surface area contributed by atoms with E-state index in [1.165, 1.54) is 6.42 Å². The number of hydrogen-bond acceptors (Lipinski definition) is 3. The van der Waals surface area contributed by atoms with E-state index in [9.17, 15) is 4.79 Å². The SMILES string of the molecule is CCCCOCCCNC(=O)CNCC. The van der Waals surface area contributed by atoms with Crippen LogP contribution in [0.15, 0.2) is 0 Å². The molecule has 15 heavy (non-hydrogen) atoms. The first-order valence-electron chi connectivity index (χ1n) is 5.86. The number of unbranched alkanes of at least 4 members (excludes halogenated alkanes) is 1. The van der Waals surface area contributed by atoms with Gasteiger partial charge in [0, 0.05) is 19.8 Å². The highest BCUT2D eigenvalue weighted by Gasteiger charge is 1.97. The standard InChI is InChI=1S/C11H24N2O2/c1-3-5-8-15-9-6-7-13-11(14)10-12-4-2/h12H,3-10H2,1-2H3,(H,13,14). The zero-order valence-corrected chi connectivity index (χ0v) is 9.97. The van der Waals surface area contributed by atoms with Crippen molar-refractivity contribution >= 4 is 5.91 Å². The van der Waals surface area contributed by atoms with Crippen LogP contribution in [0.1, 0.15) is 33.1 Å². The van der Waals surface area contributed by atoms with Gasteiger partial charge in [-0.25, -0.2) is 0 Å². The molecule has 0 heterocycles. The fourth-order valence-electron chi connectivity index (χ4n) is 1.05. The van der Waals surface area contributed by atoms with Gasteiger partial charge in [-0.05, 0) is 19.4 Å². The van der Waals surface area contributed by atoms with Crippen LogP contribution >= 0.6 is 0 Å². The van der Waals surface area contributed by atoms with Crippen molar-refractivity contribution < 1.29 is 9.53 Å². The second kappa shape index (κ2) is 11.5. The van der Waals surface area contributed by atoms with Crippen LogP contribution in [0.25, 0.3) is 0 Å². The molecule has 0 radical (unpaired) electrons. The van der Waals surface area contributed by atoms with E-state index in [1.54, 1.807) is 0 Å². The summed E-state index contributed by atoms with van der Waals surface area (Å²) in [5.74, 6) is 0.0606. The molecule has 0 aliphatic rings. The average Bonchev–Trinajstić information content (AvgIpc) is 2.25. The molecule has 0 fully saturated rings. The summed E-state index contributed by atoms with van der Waals surface area (Å²) in [7, 11) is 0. The summed E-state index contributed by atoms with van der Waals surface area (Å²) < 4.78 is 5.37. The summed E-state index contributed by atoms with van der Waals surface area (Å²) in [5.41, 5.74) is 0. The summed E-state index contributed by atoms with van der Waals surface area (Å²) in [6.45, 7) is 7.64. The summed E-state index contributed by atoms with van der Waals surface area (Å²) in [5, 5.41) is 5.80. The summed E-state index contributed by atoms with van der Waals surface area (Å²) >= 11 is 0. The van der Waals surface area contributed by atoms with Gasteiger partial charge in [-0.15, -0.1) is 0 Å². The Kier molecular flexibility index (Phi) is 11.0. The van der Waals surface area contributed by atoms with Crippen LogP contribution in [0.4, 0.5) is 0 Å². The largest absolute Gasteiger partial charge is 0.381 e. The number of hydrogen-bond donors (Lipinski definition) is 2. The van der Waals surface area contributed by atoms with Crippen molar-refractivity contribution in [2.24, 2.45) is 0 Å². The molecular formula is C11H24N2O2. The molecule has 2 N–H and O–H groups in total. The molecular weight excluding hydrogens is 192 g/mol. The first kappa shape index (κ1) is 14.4. The van der Waals surface area contributed by atoms with E-state index in [0.717, 1.165) is 32.6 Å². The molecule has 0 saturated heterocycles. The van der Waals surface area contributed by atoms with Crippen LogP contribution in [0, 0.1) is 0 Å². The fraction of sp³-hybridized carbons (Fsp3) is 0.909. The van der Waals surface area contributed by atoms with Crippen LogP contribution in [0.2, 0.25) is 0 Å². The van der Waals surface area contributed by atoms with Gasteiger partial charge in [-0.1, -0.05) is 20.3 Å². The lowest BCUT2D eigenvalue weighted by atomic mass is 10.3. The van der Waals surface area contributed by atoms with E-state index < -0.39 is 0 Å². The highest BCUT2D eigenvalue weighted by atomic mass is 16.5. The predicted molar refractivity (Wildman–Crippen MR) is 61.9 cm³/mol. The Hall–Kier alpha value is -0.610.